The number of para-hydroxylation sites is 1. The summed E-state index contributed by atoms with van der Waals surface area (Å²) in [4.78, 5) is 12.6. The van der Waals surface area contributed by atoms with Crippen molar-refractivity contribution in [3.8, 4) is 22.8 Å². The second-order valence-corrected chi connectivity index (χ2v) is 8.82. The number of ether oxygens (including phenoxy) is 1. The second-order valence-electron chi connectivity index (χ2n) is 7.03. The molecule has 0 unspecified atom stereocenters. The number of aromatic nitrogens is 3. The van der Waals surface area contributed by atoms with Crippen LogP contribution in [-0.4, -0.2) is 33.5 Å². The van der Waals surface area contributed by atoms with Crippen LogP contribution in [0.4, 0.5) is 5.69 Å². The quantitative estimate of drug-likeness (QED) is 0.322. The van der Waals surface area contributed by atoms with Crippen LogP contribution in [0.15, 0.2) is 82.4 Å². The Balaban J connectivity index is 1.62. The van der Waals surface area contributed by atoms with E-state index >= 15 is 0 Å². The maximum Gasteiger partial charge on any atom is 0.234 e. The Morgan fingerprint density at radius 3 is 2.56 bits per heavy atom. The summed E-state index contributed by atoms with van der Waals surface area (Å²) in [6, 6.07) is 23.3. The van der Waals surface area contributed by atoms with Crippen molar-refractivity contribution in [2.45, 2.75) is 12.1 Å². The third kappa shape index (κ3) is 5.03. The van der Waals surface area contributed by atoms with E-state index in [1.165, 1.54) is 11.8 Å². The van der Waals surface area contributed by atoms with Crippen LogP contribution in [0.5, 0.6) is 5.75 Å². The smallest absolute Gasteiger partial charge is 0.234 e. The fraction of sp³-hybridized carbons (Fsp3) is 0.125. The zero-order valence-corrected chi connectivity index (χ0v) is 20.0. The topological polar surface area (TPSA) is 69.0 Å². The first-order valence-electron chi connectivity index (χ1n) is 9.89. The third-order valence-corrected chi connectivity index (χ3v) is 6.34. The summed E-state index contributed by atoms with van der Waals surface area (Å²) in [5, 5.41) is 12.4. The van der Waals surface area contributed by atoms with Crippen molar-refractivity contribution in [2.75, 3.05) is 18.2 Å². The Hall–Kier alpha value is -3.10. The minimum atomic E-state index is -0.122. The van der Waals surface area contributed by atoms with Crippen LogP contribution in [-0.2, 0) is 4.79 Å². The Morgan fingerprint density at radius 2 is 1.84 bits per heavy atom. The van der Waals surface area contributed by atoms with Gasteiger partial charge in [0.15, 0.2) is 11.0 Å². The molecule has 4 aromatic rings. The molecule has 0 atom stereocenters. The molecule has 6 nitrogen and oxygen atoms in total. The molecule has 1 N–H and O–H groups in total. The average molecular weight is 509 g/mol. The number of methoxy groups -OCH3 is 1. The number of nitrogens with one attached hydrogen (secondary N) is 1. The SMILES string of the molecule is COc1ccc(-n2c(SCC(=O)Nc3ccccc3Br)nnc2-c2cccc(C)c2)cc1. The molecule has 1 heterocycles. The standard InChI is InChI=1S/C24H21BrN4O2S/c1-16-6-5-7-17(14-16)23-27-28-24(29(23)18-10-12-19(31-2)13-11-18)32-15-22(30)26-21-9-4-3-8-20(21)25/h3-14H,15H2,1-2H3,(H,26,30). The van der Waals surface area contributed by atoms with Crippen molar-refractivity contribution < 1.29 is 9.53 Å². The van der Waals surface area contributed by atoms with Crippen LogP contribution in [0, 0.1) is 6.92 Å². The molecule has 0 bridgehead atoms. The molecule has 0 aliphatic carbocycles. The van der Waals surface area contributed by atoms with E-state index in [4.69, 9.17) is 4.74 Å². The predicted molar refractivity (Wildman–Crippen MR) is 132 cm³/mol. The number of benzene rings is 3. The number of amides is 1. The zero-order chi connectivity index (χ0) is 22.5. The maximum absolute atomic E-state index is 12.6. The largest absolute Gasteiger partial charge is 0.497 e. The summed E-state index contributed by atoms with van der Waals surface area (Å²) in [6.07, 6.45) is 0. The van der Waals surface area contributed by atoms with Crippen LogP contribution in [0.1, 0.15) is 5.56 Å². The molecule has 3 aromatic carbocycles. The van der Waals surface area contributed by atoms with Gasteiger partial charge in [0.05, 0.1) is 18.6 Å². The highest BCUT2D eigenvalue weighted by Gasteiger charge is 2.18. The minimum absolute atomic E-state index is 0.122. The van der Waals surface area contributed by atoms with Gasteiger partial charge < -0.3 is 10.1 Å². The summed E-state index contributed by atoms with van der Waals surface area (Å²) in [5.74, 6) is 1.56. The zero-order valence-electron chi connectivity index (χ0n) is 17.6. The lowest BCUT2D eigenvalue weighted by atomic mass is 10.1. The number of carbonyl (C=O) groups excluding carboxylic acids is 1. The number of carbonyl (C=O) groups is 1. The van der Waals surface area contributed by atoms with E-state index in [1.54, 1.807) is 7.11 Å². The van der Waals surface area contributed by atoms with Crippen molar-refractivity contribution in [1.82, 2.24) is 14.8 Å². The molecule has 0 aliphatic rings. The lowest BCUT2D eigenvalue weighted by molar-refractivity contribution is -0.113. The van der Waals surface area contributed by atoms with Gasteiger partial charge in [-0.3, -0.25) is 9.36 Å². The van der Waals surface area contributed by atoms with Crippen LogP contribution in [0.3, 0.4) is 0 Å². The number of thioether (sulfide) groups is 1. The normalized spacial score (nSPS) is 10.7. The number of aryl methyl sites for hydroxylation is 1. The fourth-order valence-electron chi connectivity index (χ4n) is 3.18. The highest BCUT2D eigenvalue weighted by molar-refractivity contribution is 9.10. The monoisotopic (exact) mass is 508 g/mol. The summed E-state index contributed by atoms with van der Waals surface area (Å²) in [5.41, 5.74) is 3.71. The highest BCUT2D eigenvalue weighted by atomic mass is 79.9. The molecule has 0 radical (unpaired) electrons. The highest BCUT2D eigenvalue weighted by Crippen LogP contribution is 2.29. The molecule has 0 aliphatic heterocycles. The predicted octanol–water partition coefficient (Wildman–Crippen LogP) is 5.74. The molecule has 0 saturated carbocycles. The third-order valence-electron chi connectivity index (χ3n) is 4.72. The summed E-state index contributed by atoms with van der Waals surface area (Å²) in [6.45, 7) is 2.04. The molecular weight excluding hydrogens is 488 g/mol. The van der Waals surface area contributed by atoms with Crippen molar-refractivity contribution >= 4 is 39.3 Å². The molecule has 0 saturated heterocycles. The van der Waals surface area contributed by atoms with Gasteiger partial charge in [0.25, 0.3) is 0 Å². The van der Waals surface area contributed by atoms with E-state index in [1.807, 2.05) is 78.2 Å². The van der Waals surface area contributed by atoms with Gasteiger partial charge in [-0.05, 0) is 65.3 Å². The van der Waals surface area contributed by atoms with E-state index in [-0.39, 0.29) is 11.7 Å². The van der Waals surface area contributed by atoms with Crippen LogP contribution >= 0.6 is 27.7 Å². The van der Waals surface area contributed by atoms with Crippen LogP contribution < -0.4 is 10.1 Å². The molecule has 1 amide bonds. The first-order chi connectivity index (χ1) is 15.5. The number of halogens is 1. The van der Waals surface area contributed by atoms with Gasteiger partial charge in [0, 0.05) is 15.7 Å². The second kappa shape index (κ2) is 10.0. The van der Waals surface area contributed by atoms with Crippen molar-refractivity contribution in [2.24, 2.45) is 0 Å². The van der Waals surface area contributed by atoms with Gasteiger partial charge >= 0.3 is 0 Å². The Labute approximate surface area is 199 Å². The molecule has 1 aromatic heterocycles. The minimum Gasteiger partial charge on any atom is -0.497 e. The van der Waals surface area contributed by atoms with Gasteiger partial charge in [-0.25, -0.2) is 0 Å². The van der Waals surface area contributed by atoms with Crippen molar-refractivity contribution in [3.63, 3.8) is 0 Å². The maximum atomic E-state index is 12.6. The van der Waals surface area contributed by atoms with E-state index in [0.29, 0.717) is 11.0 Å². The van der Waals surface area contributed by atoms with E-state index in [9.17, 15) is 4.79 Å². The Bertz CT molecular complexity index is 1240. The molecule has 8 heteroatoms. The molecule has 162 valence electrons. The number of hydrogen-bond donors (Lipinski definition) is 1. The average Bonchev–Trinajstić information content (AvgIpc) is 3.23. The van der Waals surface area contributed by atoms with E-state index in [0.717, 1.165) is 32.7 Å². The molecule has 32 heavy (non-hydrogen) atoms. The van der Waals surface area contributed by atoms with E-state index < -0.39 is 0 Å². The number of hydrogen-bond acceptors (Lipinski definition) is 5. The first kappa shape index (κ1) is 22.1. The van der Waals surface area contributed by atoms with Gasteiger partial charge in [-0.1, -0.05) is 47.7 Å². The van der Waals surface area contributed by atoms with Gasteiger partial charge in [-0.2, -0.15) is 0 Å². The fourth-order valence-corrected chi connectivity index (χ4v) is 4.31. The van der Waals surface area contributed by atoms with Crippen molar-refractivity contribution in [1.29, 1.82) is 0 Å². The number of anilines is 1. The first-order valence-corrected chi connectivity index (χ1v) is 11.7. The Kier molecular flexibility index (Phi) is 6.92. The van der Waals surface area contributed by atoms with Gasteiger partial charge in [-0.15, -0.1) is 10.2 Å². The summed E-state index contributed by atoms with van der Waals surface area (Å²) >= 11 is 4.79. The van der Waals surface area contributed by atoms with E-state index in [2.05, 4.69) is 37.5 Å². The Morgan fingerprint density at radius 1 is 1.06 bits per heavy atom. The van der Waals surface area contributed by atoms with Gasteiger partial charge in [0.1, 0.15) is 5.75 Å². The number of nitrogens with zero attached hydrogens (tertiary/aromatic N) is 3. The van der Waals surface area contributed by atoms with Crippen LogP contribution in [0.25, 0.3) is 17.1 Å². The van der Waals surface area contributed by atoms with Crippen LogP contribution in [0.2, 0.25) is 0 Å². The van der Waals surface area contributed by atoms with Gasteiger partial charge in [0.2, 0.25) is 5.91 Å². The molecule has 0 spiro atoms. The summed E-state index contributed by atoms with van der Waals surface area (Å²) < 4.78 is 8.09. The number of rotatable bonds is 7. The van der Waals surface area contributed by atoms with Crippen molar-refractivity contribution in [3.05, 3.63) is 82.8 Å². The lowest BCUT2D eigenvalue weighted by Gasteiger charge is -2.12. The molecule has 0 fully saturated rings. The molecular formula is C24H21BrN4O2S. The summed E-state index contributed by atoms with van der Waals surface area (Å²) in [7, 11) is 1.64. The molecule has 4 rings (SSSR count). The lowest BCUT2D eigenvalue weighted by Crippen LogP contribution is -2.15.